The molecule has 0 aliphatic carbocycles. The van der Waals surface area contributed by atoms with E-state index in [4.69, 9.17) is 28.1 Å². The highest BCUT2D eigenvalue weighted by molar-refractivity contribution is 5.88. The zero-order valence-electron chi connectivity index (χ0n) is 23.1. The minimum absolute atomic E-state index is 0.00513. The van der Waals surface area contributed by atoms with E-state index in [2.05, 4.69) is 0 Å². The van der Waals surface area contributed by atoms with E-state index in [1.807, 2.05) is 0 Å². The van der Waals surface area contributed by atoms with Crippen molar-refractivity contribution in [1.29, 1.82) is 0 Å². The molecule has 43 heavy (non-hydrogen) atoms. The molecule has 2 aromatic carbocycles. The Hall–Kier alpha value is -3.67. The minimum Gasteiger partial charge on any atom is -0.507 e. The highest BCUT2D eigenvalue weighted by Crippen LogP contribution is 2.40. The van der Waals surface area contributed by atoms with Crippen LogP contribution in [-0.2, 0) is 9.47 Å². The van der Waals surface area contributed by atoms with Crippen LogP contribution in [0.2, 0.25) is 0 Å². The van der Waals surface area contributed by atoms with Gasteiger partial charge in [-0.3, -0.25) is 4.79 Å². The maximum absolute atomic E-state index is 13.8. The molecule has 3 aromatic rings. The summed E-state index contributed by atoms with van der Waals surface area (Å²) in [5.74, 6) is -1.83. The quantitative estimate of drug-likeness (QED) is 0.173. The average molecular weight is 609 g/mol. The van der Waals surface area contributed by atoms with Crippen molar-refractivity contribution in [2.24, 2.45) is 0 Å². The van der Waals surface area contributed by atoms with Crippen LogP contribution in [0.3, 0.4) is 0 Å². The van der Waals surface area contributed by atoms with Crippen molar-refractivity contribution in [3.8, 4) is 40.1 Å². The van der Waals surface area contributed by atoms with Crippen molar-refractivity contribution >= 4 is 11.0 Å². The highest BCUT2D eigenvalue weighted by atomic mass is 16.7. The van der Waals surface area contributed by atoms with Crippen LogP contribution >= 0.6 is 0 Å². The summed E-state index contributed by atoms with van der Waals surface area (Å²) in [5.41, 5.74) is -1.02. The number of aliphatic hydroxyl groups is 6. The van der Waals surface area contributed by atoms with Crippen molar-refractivity contribution in [2.75, 3.05) is 7.11 Å². The highest BCUT2D eigenvalue weighted by Gasteiger charge is 2.45. The van der Waals surface area contributed by atoms with E-state index in [-0.39, 0.29) is 39.5 Å². The van der Waals surface area contributed by atoms with Gasteiger partial charge in [0.05, 0.1) is 19.3 Å². The standard InChI is InChI=1S/C28H32O15/c1-9-18(31)21(34)23(36)27(39-9)41-12-7-14(30)17-16(8-12)42-25(11-4-5-13(29)15(6-11)38-3)26(20(17)33)43-28-24(37)22(35)19(32)10(2)40-28/h4-10,18-19,21-24,27-32,34-37H,1-3H3/t9?,10?,18-,19-,21-,22?,23?,24-,27-,28-/m0/s1. The Morgan fingerprint density at radius 3 is 1.88 bits per heavy atom. The third-order valence-corrected chi connectivity index (χ3v) is 7.45. The van der Waals surface area contributed by atoms with E-state index in [1.54, 1.807) is 0 Å². The number of aromatic hydroxyl groups is 2. The molecular formula is C28H32O15. The minimum atomic E-state index is -1.79. The van der Waals surface area contributed by atoms with Crippen LogP contribution < -0.4 is 19.6 Å². The molecule has 15 heteroatoms. The summed E-state index contributed by atoms with van der Waals surface area (Å²) in [5, 5.41) is 81.8. The molecule has 1 aromatic heterocycles. The first-order valence-corrected chi connectivity index (χ1v) is 13.3. The van der Waals surface area contributed by atoms with Gasteiger partial charge in [0, 0.05) is 17.7 Å². The van der Waals surface area contributed by atoms with Crippen molar-refractivity contribution in [3.05, 3.63) is 40.6 Å². The molecule has 0 amide bonds. The zero-order valence-corrected chi connectivity index (χ0v) is 23.1. The number of methoxy groups -OCH3 is 1. The second-order valence-corrected chi connectivity index (χ2v) is 10.4. The van der Waals surface area contributed by atoms with Crippen molar-refractivity contribution in [1.82, 2.24) is 0 Å². The zero-order chi connectivity index (χ0) is 31.3. The fourth-order valence-corrected chi connectivity index (χ4v) is 4.91. The smallest absolute Gasteiger partial charge is 0.239 e. The summed E-state index contributed by atoms with van der Waals surface area (Å²) in [4.78, 5) is 13.8. The van der Waals surface area contributed by atoms with Crippen LogP contribution in [0.4, 0.5) is 0 Å². The van der Waals surface area contributed by atoms with Gasteiger partial charge in [-0.05, 0) is 32.0 Å². The molecule has 3 heterocycles. The van der Waals surface area contributed by atoms with Gasteiger partial charge < -0.3 is 69.0 Å². The van der Waals surface area contributed by atoms with Gasteiger partial charge in [-0.15, -0.1) is 0 Å². The van der Waals surface area contributed by atoms with E-state index >= 15 is 0 Å². The predicted octanol–water partition coefficient (Wildman–Crippen LogP) is -0.708. The van der Waals surface area contributed by atoms with Gasteiger partial charge in [0.2, 0.25) is 23.8 Å². The predicted molar refractivity (Wildman–Crippen MR) is 144 cm³/mol. The molecule has 2 saturated heterocycles. The average Bonchev–Trinajstić information content (AvgIpc) is 2.97. The van der Waals surface area contributed by atoms with Crippen LogP contribution in [0, 0.1) is 0 Å². The van der Waals surface area contributed by atoms with E-state index in [0.717, 1.165) is 6.07 Å². The number of ether oxygens (including phenoxy) is 5. The molecule has 0 spiro atoms. The number of rotatable bonds is 6. The molecule has 8 N–H and O–H groups in total. The number of benzene rings is 2. The van der Waals surface area contributed by atoms with Gasteiger partial charge in [0.15, 0.2) is 17.3 Å². The summed E-state index contributed by atoms with van der Waals surface area (Å²) in [6.07, 6.45) is -14.5. The Bertz CT molecular complexity index is 1540. The second kappa shape index (κ2) is 11.8. The Morgan fingerprint density at radius 1 is 0.721 bits per heavy atom. The summed E-state index contributed by atoms with van der Waals surface area (Å²) in [6.45, 7) is 2.88. The normalized spacial score (nSPS) is 32.9. The maximum Gasteiger partial charge on any atom is 0.239 e. The maximum atomic E-state index is 13.8. The first kappa shape index (κ1) is 30.8. The third kappa shape index (κ3) is 5.57. The lowest BCUT2D eigenvalue weighted by atomic mass is 10.00. The summed E-state index contributed by atoms with van der Waals surface area (Å²) in [7, 11) is 1.30. The van der Waals surface area contributed by atoms with Crippen LogP contribution in [0.25, 0.3) is 22.3 Å². The number of phenols is 2. The summed E-state index contributed by atoms with van der Waals surface area (Å²) < 4.78 is 33.5. The van der Waals surface area contributed by atoms with E-state index in [1.165, 1.54) is 45.2 Å². The number of hydrogen-bond acceptors (Lipinski definition) is 15. The molecule has 2 fully saturated rings. The number of aliphatic hydroxyl groups excluding tert-OH is 6. The third-order valence-electron chi connectivity index (χ3n) is 7.45. The lowest BCUT2D eigenvalue weighted by Gasteiger charge is -2.39. The molecule has 0 bridgehead atoms. The van der Waals surface area contributed by atoms with E-state index < -0.39 is 78.3 Å². The monoisotopic (exact) mass is 608 g/mol. The topological polar surface area (TPSA) is 238 Å². The van der Waals surface area contributed by atoms with E-state index in [0.29, 0.717) is 0 Å². The molecule has 2 aliphatic rings. The van der Waals surface area contributed by atoms with Crippen LogP contribution in [0.15, 0.2) is 39.5 Å². The van der Waals surface area contributed by atoms with Crippen molar-refractivity contribution in [2.45, 2.75) is 75.3 Å². The first-order chi connectivity index (χ1) is 20.3. The van der Waals surface area contributed by atoms with Gasteiger partial charge in [0.1, 0.15) is 59.1 Å². The molecular weight excluding hydrogens is 576 g/mol. The number of hydrogen-bond donors (Lipinski definition) is 8. The van der Waals surface area contributed by atoms with Gasteiger partial charge >= 0.3 is 0 Å². The number of phenolic OH excluding ortho intramolecular Hbond substituents is 2. The second-order valence-electron chi connectivity index (χ2n) is 10.4. The van der Waals surface area contributed by atoms with Crippen LogP contribution in [0.5, 0.6) is 28.7 Å². The van der Waals surface area contributed by atoms with Gasteiger partial charge in [-0.25, -0.2) is 0 Å². The molecule has 10 atom stereocenters. The Morgan fingerprint density at radius 2 is 1.30 bits per heavy atom. The van der Waals surface area contributed by atoms with Gasteiger partial charge in [0.25, 0.3) is 0 Å². The largest absolute Gasteiger partial charge is 0.507 e. The molecule has 4 unspecified atom stereocenters. The van der Waals surface area contributed by atoms with E-state index in [9.17, 15) is 45.6 Å². The lowest BCUT2D eigenvalue weighted by molar-refractivity contribution is -0.268. The summed E-state index contributed by atoms with van der Waals surface area (Å²) in [6, 6.07) is 6.18. The molecule has 0 radical (unpaired) electrons. The fourth-order valence-electron chi connectivity index (χ4n) is 4.91. The first-order valence-electron chi connectivity index (χ1n) is 13.3. The summed E-state index contributed by atoms with van der Waals surface area (Å²) >= 11 is 0. The Balaban J connectivity index is 1.62. The fraction of sp³-hybridized carbons (Fsp3) is 0.464. The van der Waals surface area contributed by atoms with Crippen molar-refractivity contribution in [3.63, 3.8) is 0 Å². The van der Waals surface area contributed by atoms with Gasteiger partial charge in [-0.1, -0.05) is 0 Å². The molecule has 2 aliphatic heterocycles. The Kier molecular flexibility index (Phi) is 8.43. The van der Waals surface area contributed by atoms with Crippen LogP contribution in [-0.4, -0.2) is 109 Å². The molecule has 234 valence electrons. The lowest BCUT2D eigenvalue weighted by Crippen LogP contribution is -2.58. The van der Waals surface area contributed by atoms with Gasteiger partial charge in [-0.2, -0.15) is 0 Å². The Labute approximate surface area is 243 Å². The molecule has 5 rings (SSSR count). The molecule has 0 saturated carbocycles. The molecule has 15 nitrogen and oxygen atoms in total. The van der Waals surface area contributed by atoms with Crippen molar-refractivity contribution < 1.29 is 69.0 Å². The number of fused-ring (bicyclic) bond motifs is 1. The SMILES string of the molecule is COc1cc(-c2oc3cc(O[C@@H]4OC(C)[C@H](O)[C@H](O)C4O)cc(O)c3c(=O)c2O[C@@H]2OC(C)[C@H](O)C(O)[C@@H]2O)ccc1O. The van der Waals surface area contributed by atoms with Crippen LogP contribution in [0.1, 0.15) is 13.8 Å².